The van der Waals surface area contributed by atoms with E-state index in [1.165, 1.54) is 0 Å². The van der Waals surface area contributed by atoms with Gasteiger partial charge in [0.25, 0.3) is 0 Å². The molecule has 1 N–H and O–H groups in total. The Bertz CT molecular complexity index is 289. The number of imidazole rings is 1. The highest BCUT2D eigenvalue weighted by Crippen LogP contribution is 2.05. The fraction of sp³-hybridized carbons (Fsp3) is 0.727. The van der Waals surface area contributed by atoms with Gasteiger partial charge in [0, 0.05) is 38.6 Å². The summed E-state index contributed by atoms with van der Waals surface area (Å²) in [5.41, 5.74) is 0. The van der Waals surface area contributed by atoms with Crippen LogP contribution in [0.25, 0.3) is 0 Å². The molecule has 2 rings (SSSR count). The quantitative estimate of drug-likeness (QED) is 0.764. The normalized spacial score (nSPS) is 22.4. The number of ether oxygens (including phenoxy) is 1. The van der Waals surface area contributed by atoms with Gasteiger partial charge >= 0.3 is 0 Å². The summed E-state index contributed by atoms with van der Waals surface area (Å²) in [4.78, 5) is 6.36. The van der Waals surface area contributed by atoms with Crippen molar-refractivity contribution >= 4 is 0 Å². The lowest BCUT2D eigenvalue weighted by Gasteiger charge is -2.31. The van der Waals surface area contributed by atoms with Gasteiger partial charge in [-0.2, -0.15) is 0 Å². The smallest absolute Gasteiger partial charge is 0.0945 e. The Labute approximate surface area is 95.7 Å². The van der Waals surface area contributed by atoms with Crippen LogP contribution >= 0.6 is 0 Å². The van der Waals surface area contributed by atoms with Gasteiger partial charge in [-0.25, -0.2) is 4.98 Å². The fourth-order valence-corrected chi connectivity index (χ4v) is 1.99. The highest BCUT2D eigenvalue weighted by atomic mass is 16.5. The van der Waals surface area contributed by atoms with Crippen LogP contribution in [0.3, 0.4) is 0 Å². The highest BCUT2D eigenvalue weighted by molar-refractivity contribution is 4.75. The molecule has 5 heteroatoms. The first-order valence-electron chi connectivity index (χ1n) is 5.79. The van der Waals surface area contributed by atoms with E-state index >= 15 is 0 Å². The molecule has 1 fully saturated rings. The van der Waals surface area contributed by atoms with E-state index in [4.69, 9.17) is 9.84 Å². The van der Waals surface area contributed by atoms with E-state index in [2.05, 4.69) is 14.5 Å². The van der Waals surface area contributed by atoms with E-state index in [0.29, 0.717) is 0 Å². The molecule has 1 aromatic rings. The first-order valence-corrected chi connectivity index (χ1v) is 5.79. The lowest BCUT2D eigenvalue weighted by molar-refractivity contribution is -0.0530. The first kappa shape index (κ1) is 11.6. The molecule has 2 heterocycles. The Kier molecular flexibility index (Phi) is 4.33. The Morgan fingerprint density at radius 3 is 3.12 bits per heavy atom. The second-order valence-corrected chi connectivity index (χ2v) is 4.13. The van der Waals surface area contributed by atoms with Gasteiger partial charge in [0.2, 0.25) is 0 Å². The molecule has 0 saturated carbocycles. The molecule has 1 unspecified atom stereocenters. The van der Waals surface area contributed by atoms with Crippen LogP contribution in [0.4, 0.5) is 0 Å². The van der Waals surface area contributed by atoms with E-state index in [0.717, 1.165) is 39.2 Å². The summed E-state index contributed by atoms with van der Waals surface area (Å²) in [6, 6.07) is 0. The van der Waals surface area contributed by atoms with Crippen molar-refractivity contribution in [2.45, 2.75) is 19.1 Å². The van der Waals surface area contributed by atoms with Crippen LogP contribution < -0.4 is 0 Å². The number of aliphatic hydroxyl groups excluding tert-OH is 1. The number of aliphatic hydroxyl groups is 1. The number of rotatable bonds is 5. The molecular formula is C11H19N3O2. The van der Waals surface area contributed by atoms with E-state index in [9.17, 15) is 0 Å². The SMILES string of the molecule is OCC1CN(CCCn2ccnc2)CCO1. The highest BCUT2D eigenvalue weighted by Gasteiger charge is 2.18. The molecule has 0 amide bonds. The van der Waals surface area contributed by atoms with Crippen molar-refractivity contribution in [3.8, 4) is 0 Å². The van der Waals surface area contributed by atoms with E-state index in [1.807, 2.05) is 12.5 Å². The largest absolute Gasteiger partial charge is 0.394 e. The van der Waals surface area contributed by atoms with Crippen LogP contribution in [0.1, 0.15) is 6.42 Å². The summed E-state index contributed by atoms with van der Waals surface area (Å²) in [7, 11) is 0. The minimum Gasteiger partial charge on any atom is -0.394 e. The number of aromatic nitrogens is 2. The third-order valence-electron chi connectivity index (χ3n) is 2.88. The summed E-state index contributed by atoms with van der Waals surface area (Å²) >= 11 is 0. The molecule has 1 aromatic heterocycles. The Morgan fingerprint density at radius 2 is 2.38 bits per heavy atom. The number of hydrogen-bond acceptors (Lipinski definition) is 4. The first-order chi connectivity index (χ1) is 7.88. The third-order valence-corrected chi connectivity index (χ3v) is 2.88. The molecule has 16 heavy (non-hydrogen) atoms. The Hall–Kier alpha value is -0.910. The van der Waals surface area contributed by atoms with Crippen molar-refractivity contribution in [3.05, 3.63) is 18.7 Å². The zero-order chi connectivity index (χ0) is 11.2. The molecule has 5 nitrogen and oxygen atoms in total. The topological polar surface area (TPSA) is 50.5 Å². The second kappa shape index (κ2) is 5.98. The van der Waals surface area contributed by atoms with Crippen LogP contribution in [-0.4, -0.2) is 58.5 Å². The van der Waals surface area contributed by atoms with Crippen molar-refractivity contribution in [2.75, 3.05) is 32.8 Å². The van der Waals surface area contributed by atoms with E-state index < -0.39 is 0 Å². The number of morpholine rings is 1. The Balaban J connectivity index is 1.65. The summed E-state index contributed by atoms with van der Waals surface area (Å²) in [6.45, 7) is 4.73. The monoisotopic (exact) mass is 225 g/mol. The van der Waals surface area contributed by atoms with E-state index in [-0.39, 0.29) is 12.7 Å². The number of hydrogen-bond donors (Lipinski definition) is 1. The van der Waals surface area contributed by atoms with Crippen molar-refractivity contribution in [1.29, 1.82) is 0 Å². The Morgan fingerprint density at radius 1 is 1.44 bits per heavy atom. The van der Waals surface area contributed by atoms with Gasteiger partial charge in [-0.1, -0.05) is 0 Å². The molecule has 1 atom stereocenters. The van der Waals surface area contributed by atoms with Crippen molar-refractivity contribution in [1.82, 2.24) is 14.5 Å². The molecule has 0 aliphatic carbocycles. The maximum Gasteiger partial charge on any atom is 0.0945 e. The average molecular weight is 225 g/mol. The van der Waals surface area contributed by atoms with E-state index in [1.54, 1.807) is 6.20 Å². The molecular weight excluding hydrogens is 206 g/mol. The second-order valence-electron chi connectivity index (χ2n) is 4.13. The lowest BCUT2D eigenvalue weighted by Crippen LogP contribution is -2.44. The van der Waals surface area contributed by atoms with Gasteiger partial charge in [-0.3, -0.25) is 4.90 Å². The lowest BCUT2D eigenvalue weighted by atomic mass is 10.2. The van der Waals surface area contributed by atoms with Gasteiger partial charge < -0.3 is 14.4 Å². The van der Waals surface area contributed by atoms with Crippen LogP contribution in [-0.2, 0) is 11.3 Å². The molecule has 1 aliphatic rings. The summed E-state index contributed by atoms with van der Waals surface area (Å²) < 4.78 is 7.49. The van der Waals surface area contributed by atoms with Crippen LogP contribution in [0.2, 0.25) is 0 Å². The molecule has 90 valence electrons. The summed E-state index contributed by atoms with van der Waals surface area (Å²) in [5, 5.41) is 9.02. The standard InChI is InChI=1S/C11H19N3O2/c15-9-11-8-13(6-7-16-11)3-1-4-14-5-2-12-10-14/h2,5,10-11,15H,1,3-4,6-9H2. The van der Waals surface area contributed by atoms with Crippen LogP contribution in [0.15, 0.2) is 18.7 Å². The molecule has 1 aliphatic heterocycles. The average Bonchev–Trinajstić information content (AvgIpc) is 2.82. The fourth-order valence-electron chi connectivity index (χ4n) is 1.99. The maximum absolute atomic E-state index is 9.02. The van der Waals surface area contributed by atoms with Crippen molar-refractivity contribution in [2.24, 2.45) is 0 Å². The maximum atomic E-state index is 9.02. The zero-order valence-corrected chi connectivity index (χ0v) is 9.46. The predicted octanol–water partition coefficient (Wildman–Crippen LogP) is -0.0337. The number of nitrogens with zero attached hydrogens (tertiary/aromatic N) is 3. The molecule has 1 saturated heterocycles. The van der Waals surface area contributed by atoms with Crippen molar-refractivity contribution < 1.29 is 9.84 Å². The molecule has 0 spiro atoms. The van der Waals surface area contributed by atoms with Gasteiger partial charge in [0.05, 0.1) is 25.6 Å². The third kappa shape index (κ3) is 3.30. The van der Waals surface area contributed by atoms with Crippen LogP contribution in [0.5, 0.6) is 0 Å². The molecule has 0 radical (unpaired) electrons. The van der Waals surface area contributed by atoms with Gasteiger partial charge in [0.1, 0.15) is 0 Å². The van der Waals surface area contributed by atoms with Gasteiger partial charge in [-0.15, -0.1) is 0 Å². The van der Waals surface area contributed by atoms with Crippen molar-refractivity contribution in [3.63, 3.8) is 0 Å². The van der Waals surface area contributed by atoms with Gasteiger partial charge in [0.15, 0.2) is 0 Å². The summed E-state index contributed by atoms with van der Waals surface area (Å²) in [5.74, 6) is 0. The van der Waals surface area contributed by atoms with Crippen LogP contribution in [0, 0.1) is 0 Å². The summed E-state index contributed by atoms with van der Waals surface area (Å²) in [6.07, 6.45) is 6.73. The predicted molar refractivity (Wildman–Crippen MR) is 60.1 cm³/mol. The zero-order valence-electron chi connectivity index (χ0n) is 9.46. The van der Waals surface area contributed by atoms with Gasteiger partial charge in [-0.05, 0) is 6.42 Å². The minimum atomic E-state index is 0.00185. The molecule has 0 bridgehead atoms. The minimum absolute atomic E-state index is 0.00185. The number of aryl methyl sites for hydroxylation is 1. The molecule has 0 aromatic carbocycles.